The predicted molar refractivity (Wildman–Crippen MR) is 130 cm³/mol. The second-order valence-electron chi connectivity index (χ2n) is 9.35. The Labute approximate surface area is 200 Å². The largest absolute Gasteiger partial charge is 0.325 e. The molecule has 4 rings (SSSR count). The molecule has 1 fully saturated rings. The van der Waals surface area contributed by atoms with Crippen molar-refractivity contribution in [1.29, 1.82) is 0 Å². The summed E-state index contributed by atoms with van der Waals surface area (Å²) in [5.74, 6) is -0.804. The number of amides is 2. The highest BCUT2D eigenvalue weighted by molar-refractivity contribution is 7.89. The third-order valence-corrected chi connectivity index (χ3v) is 8.41. The van der Waals surface area contributed by atoms with Crippen molar-refractivity contribution in [2.75, 3.05) is 29.9 Å². The molecule has 0 atom stereocenters. The smallest absolute Gasteiger partial charge is 0.244 e. The molecule has 0 spiro atoms. The van der Waals surface area contributed by atoms with Crippen molar-refractivity contribution in [2.24, 2.45) is 0 Å². The highest BCUT2D eigenvalue weighted by atomic mass is 32.2. The Morgan fingerprint density at radius 2 is 1.74 bits per heavy atom. The van der Waals surface area contributed by atoms with Crippen LogP contribution in [0.2, 0.25) is 0 Å². The Morgan fingerprint density at radius 1 is 1.03 bits per heavy atom. The lowest BCUT2D eigenvalue weighted by atomic mass is 9.86. The van der Waals surface area contributed by atoms with Gasteiger partial charge in [-0.3, -0.25) is 14.4 Å². The van der Waals surface area contributed by atoms with Gasteiger partial charge >= 0.3 is 0 Å². The van der Waals surface area contributed by atoms with Crippen LogP contribution in [0.4, 0.5) is 11.4 Å². The molecule has 8 nitrogen and oxygen atoms in total. The highest BCUT2D eigenvalue weighted by Crippen LogP contribution is 2.42. The van der Waals surface area contributed by atoms with E-state index in [0.29, 0.717) is 35.6 Å². The van der Waals surface area contributed by atoms with E-state index in [9.17, 15) is 22.8 Å². The van der Waals surface area contributed by atoms with Crippen molar-refractivity contribution >= 4 is 39.0 Å². The molecule has 9 heteroatoms. The molecule has 2 amide bonds. The summed E-state index contributed by atoms with van der Waals surface area (Å²) in [5.41, 5.74) is 1.08. The molecular weight excluding hydrogens is 454 g/mol. The normalized spacial score (nSPS) is 18.0. The van der Waals surface area contributed by atoms with E-state index in [-0.39, 0.29) is 23.1 Å². The Hall–Kier alpha value is -3.04. The molecule has 0 unspecified atom stereocenters. The topological polar surface area (TPSA) is 104 Å². The average Bonchev–Trinajstić information content (AvgIpc) is 3.00. The maximum atomic E-state index is 13.2. The molecule has 1 saturated heterocycles. The summed E-state index contributed by atoms with van der Waals surface area (Å²) in [5, 5.41) is 2.73. The number of anilines is 2. The number of carbonyl (C=O) groups excluding carboxylic acids is 3. The monoisotopic (exact) mass is 483 g/mol. The first-order valence-corrected chi connectivity index (χ1v) is 12.8. The summed E-state index contributed by atoms with van der Waals surface area (Å²) in [6, 6.07) is 11.3. The quantitative estimate of drug-likeness (QED) is 0.635. The lowest BCUT2D eigenvalue weighted by molar-refractivity contribution is -0.124. The first kappa shape index (κ1) is 24.1. The second-order valence-corrected chi connectivity index (χ2v) is 11.3. The van der Waals surface area contributed by atoms with Gasteiger partial charge in [0.25, 0.3) is 0 Å². The third-order valence-electron chi connectivity index (χ3n) is 6.52. The summed E-state index contributed by atoms with van der Waals surface area (Å²) in [7, 11) is -3.65. The Morgan fingerprint density at radius 3 is 2.41 bits per heavy atom. The minimum atomic E-state index is -3.65. The van der Waals surface area contributed by atoms with Gasteiger partial charge in [0.05, 0.1) is 10.3 Å². The zero-order valence-electron chi connectivity index (χ0n) is 19.6. The molecule has 0 radical (unpaired) electrons. The summed E-state index contributed by atoms with van der Waals surface area (Å²) in [6.45, 7) is 5.69. The lowest BCUT2D eigenvalue weighted by Crippen LogP contribution is -2.40. The van der Waals surface area contributed by atoms with E-state index < -0.39 is 21.3 Å². The molecule has 0 aliphatic carbocycles. The van der Waals surface area contributed by atoms with Crippen molar-refractivity contribution in [3.05, 3.63) is 53.6 Å². The number of benzene rings is 2. The minimum Gasteiger partial charge on any atom is -0.325 e. The fraction of sp³-hybridized carbons (Fsp3) is 0.400. The van der Waals surface area contributed by atoms with Crippen LogP contribution in [-0.4, -0.2) is 50.0 Å². The molecule has 2 aliphatic rings. The van der Waals surface area contributed by atoms with Crippen molar-refractivity contribution in [3.8, 4) is 0 Å². The van der Waals surface area contributed by atoms with Gasteiger partial charge in [0.2, 0.25) is 21.8 Å². The van der Waals surface area contributed by atoms with Gasteiger partial charge in [-0.15, -0.1) is 0 Å². The molecule has 1 N–H and O–H groups in total. The summed E-state index contributed by atoms with van der Waals surface area (Å²) >= 11 is 0. The predicted octanol–water partition coefficient (Wildman–Crippen LogP) is 3.33. The van der Waals surface area contributed by atoms with E-state index in [1.165, 1.54) is 22.2 Å². The molecule has 2 aromatic carbocycles. The summed E-state index contributed by atoms with van der Waals surface area (Å²) < 4.78 is 27.8. The van der Waals surface area contributed by atoms with Gasteiger partial charge < -0.3 is 10.2 Å². The number of fused-ring (bicyclic) bond motifs is 1. The maximum Gasteiger partial charge on any atom is 0.244 e. The molecule has 2 heterocycles. The van der Waals surface area contributed by atoms with Gasteiger partial charge in [-0.25, -0.2) is 8.42 Å². The lowest BCUT2D eigenvalue weighted by Gasteiger charge is -2.26. The zero-order valence-corrected chi connectivity index (χ0v) is 20.4. The van der Waals surface area contributed by atoms with Gasteiger partial charge in [0, 0.05) is 30.0 Å². The summed E-state index contributed by atoms with van der Waals surface area (Å²) in [4.78, 5) is 39.1. The fourth-order valence-corrected chi connectivity index (χ4v) is 6.09. The van der Waals surface area contributed by atoms with Gasteiger partial charge in [0.1, 0.15) is 6.54 Å². The third kappa shape index (κ3) is 4.37. The maximum absolute atomic E-state index is 13.2. The fourth-order valence-electron chi connectivity index (χ4n) is 4.54. The van der Waals surface area contributed by atoms with E-state index in [1.807, 2.05) is 0 Å². The Bertz CT molecular complexity index is 1260. The number of nitrogens with zero attached hydrogens (tertiary/aromatic N) is 2. The van der Waals surface area contributed by atoms with Crippen LogP contribution in [0.1, 0.15) is 56.0 Å². The van der Waals surface area contributed by atoms with E-state index in [0.717, 1.165) is 19.3 Å². The van der Waals surface area contributed by atoms with Crippen molar-refractivity contribution < 1.29 is 22.8 Å². The minimum absolute atomic E-state index is 0.114. The Balaban J connectivity index is 1.58. The van der Waals surface area contributed by atoms with E-state index in [2.05, 4.69) is 5.32 Å². The van der Waals surface area contributed by atoms with Crippen LogP contribution in [0.15, 0.2) is 47.4 Å². The van der Waals surface area contributed by atoms with E-state index in [1.54, 1.807) is 50.2 Å². The average molecular weight is 484 g/mol. The van der Waals surface area contributed by atoms with E-state index >= 15 is 0 Å². The SMILES string of the molecule is CC(=O)c1cccc(NC(=O)CN2C(=O)C(C)(C)c3cc(S(=O)(=O)N4CCCCC4)ccc32)c1. The van der Waals surface area contributed by atoms with Crippen LogP contribution >= 0.6 is 0 Å². The number of rotatable bonds is 6. The number of hydrogen-bond donors (Lipinski definition) is 1. The van der Waals surface area contributed by atoms with Gasteiger partial charge in [-0.05, 0) is 69.5 Å². The van der Waals surface area contributed by atoms with Crippen LogP contribution in [-0.2, 0) is 25.0 Å². The van der Waals surface area contributed by atoms with Crippen molar-refractivity contribution in [3.63, 3.8) is 0 Å². The number of ketones is 1. The standard InChI is InChI=1S/C25H29N3O5S/c1-17(29)18-8-7-9-19(14-18)26-23(30)16-28-22-11-10-20(15-21(22)25(2,3)24(28)31)34(32,33)27-12-5-4-6-13-27/h7-11,14-15H,4-6,12-13,16H2,1-3H3,(H,26,30). The molecule has 34 heavy (non-hydrogen) atoms. The number of piperidine rings is 1. The molecular formula is C25H29N3O5S. The molecule has 180 valence electrons. The number of carbonyl (C=O) groups is 3. The van der Waals surface area contributed by atoms with Crippen molar-refractivity contribution in [2.45, 2.75) is 50.3 Å². The first-order valence-electron chi connectivity index (χ1n) is 11.4. The van der Waals surface area contributed by atoms with E-state index in [4.69, 9.17) is 0 Å². The molecule has 0 bridgehead atoms. The van der Waals surface area contributed by atoms with Crippen LogP contribution in [0.3, 0.4) is 0 Å². The van der Waals surface area contributed by atoms with Gasteiger partial charge in [-0.2, -0.15) is 4.31 Å². The molecule has 0 saturated carbocycles. The van der Waals surface area contributed by atoms with Gasteiger partial charge in [-0.1, -0.05) is 18.6 Å². The van der Waals surface area contributed by atoms with Gasteiger partial charge in [0.15, 0.2) is 5.78 Å². The molecule has 0 aromatic heterocycles. The van der Waals surface area contributed by atoms with Crippen LogP contribution < -0.4 is 10.2 Å². The number of nitrogens with one attached hydrogen (secondary N) is 1. The molecule has 2 aromatic rings. The number of hydrogen-bond acceptors (Lipinski definition) is 5. The molecule has 2 aliphatic heterocycles. The van der Waals surface area contributed by atoms with Crippen LogP contribution in [0.5, 0.6) is 0 Å². The Kier molecular flexibility index (Phi) is 6.35. The van der Waals surface area contributed by atoms with Crippen LogP contribution in [0.25, 0.3) is 0 Å². The number of Topliss-reactive ketones (excluding diaryl/α,β-unsaturated/α-hetero) is 1. The summed E-state index contributed by atoms with van der Waals surface area (Å²) in [6.07, 6.45) is 2.70. The van der Waals surface area contributed by atoms with Crippen molar-refractivity contribution in [1.82, 2.24) is 4.31 Å². The number of sulfonamides is 1. The highest BCUT2D eigenvalue weighted by Gasteiger charge is 2.45. The zero-order chi connectivity index (χ0) is 24.7. The first-order chi connectivity index (χ1) is 16.0. The van der Waals surface area contributed by atoms with Crippen LogP contribution in [0, 0.1) is 0 Å². The second kappa shape index (κ2) is 8.96.